The SMILES string of the molecule is CNS(=O)(=O)Cc1ccc(CNC(=O)c2ccc(NC(N)=O)cc2)cc1. The molecule has 0 heterocycles. The molecule has 2 aromatic rings. The number of anilines is 1. The van der Waals surface area contributed by atoms with Gasteiger partial charge in [0.15, 0.2) is 0 Å². The highest BCUT2D eigenvalue weighted by Crippen LogP contribution is 2.10. The molecule has 0 saturated carbocycles. The van der Waals surface area contributed by atoms with E-state index in [9.17, 15) is 18.0 Å². The maximum absolute atomic E-state index is 12.1. The molecule has 0 saturated heterocycles. The van der Waals surface area contributed by atoms with Gasteiger partial charge in [-0.1, -0.05) is 24.3 Å². The highest BCUT2D eigenvalue weighted by atomic mass is 32.2. The predicted octanol–water partition coefficient (Wildman–Crippen LogP) is 1.16. The number of nitrogens with one attached hydrogen (secondary N) is 3. The summed E-state index contributed by atoms with van der Waals surface area (Å²) in [5.74, 6) is -0.362. The molecule has 0 atom stereocenters. The third-order valence-corrected chi connectivity index (χ3v) is 4.89. The Balaban J connectivity index is 1.91. The Morgan fingerprint density at radius 2 is 1.54 bits per heavy atom. The van der Waals surface area contributed by atoms with Crippen molar-refractivity contribution >= 4 is 27.6 Å². The maximum atomic E-state index is 12.1. The number of hydrogen-bond acceptors (Lipinski definition) is 4. The van der Waals surface area contributed by atoms with E-state index in [2.05, 4.69) is 15.4 Å². The number of sulfonamides is 1. The lowest BCUT2D eigenvalue weighted by atomic mass is 10.1. The Labute approximate surface area is 151 Å². The number of hydrogen-bond donors (Lipinski definition) is 4. The van der Waals surface area contributed by atoms with Crippen LogP contribution in [0.25, 0.3) is 0 Å². The number of urea groups is 1. The van der Waals surface area contributed by atoms with Crippen LogP contribution in [0.2, 0.25) is 0 Å². The zero-order chi connectivity index (χ0) is 19.2. The van der Waals surface area contributed by atoms with Crippen molar-refractivity contribution in [3.05, 3.63) is 65.2 Å². The van der Waals surface area contributed by atoms with Gasteiger partial charge in [0.2, 0.25) is 10.0 Å². The molecular weight excluding hydrogens is 356 g/mol. The molecule has 8 nitrogen and oxygen atoms in total. The van der Waals surface area contributed by atoms with Crippen molar-refractivity contribution in [3.8, 4) is 0 Å². The Bertz CT molecular complexity index is 878. The van der Waals surface area contributed by atoms with E-state index in [1.165, 1.54) is 7.05 Å². The zero-order valence-corrected chi connectivity index (χ0v) is 15.0. The van der Waals surface area contributed by atoms with Crippen molar-refractivity contribution in [1.29, 1.82) is 0 Å². The van der Waals surface area contributed by atoms with E-state index < -0.39 is 16.1 Å². The fourth-order valence-corrected chi connectivity index (χ4v) is 2.95. The Kier molecular flexibility index (Phi) is 6.31. The van der Waals surface area contributed by atoms with Gasteiger partial charge in [0.1, 0.15) is 0 Å². The highest BCUT2D eigenvalue weighted by Gasteiger charge is 2.09. The molecular formula is C17H20N4O4S. The van der Waals surface area contributed by atoms with E-state index in [1.807, 2.05) is 0 Å². The second-order valence-corrected chi connectivity index (χ2v) is 7.46. The molecule has 2 rings (SSSR count). The zero-order valence-electron chi connectivity index (χ0n) is 14.2. The van der Waals surface area contributed by atoms with E-state index >= 15 is 0 Å². The first-order valence-electron chi connectivity index (χ1n) is 7.73. The largest absolute Gasteiger partial charge is 0.351 e. The van der Waals surface area contributed by atoms with E-state index in [4.69, 9.17) is 5.73 Å². The number of nitrogens with two attached hydrogens (primary N) is 1. The van der Waals surface area contributed by atoms with Crippen molar-refractivity contribution in [3.63, 3.8) is 0 Å². The van der Waals surface area contributed by atoms with Gasteiger partial charge in [-0.3, -0.25) is 4.79 Å². The lowest BCUT2D eigenvalue weighted by Gasteiger charge is -2.08. The Morgan fingerprint density at radius 1 is 0.962 bits per heavy atom. The normalized spacial score (nSPS) is 11.0. The first-order valence-corrected chi connectivity index (χ1v) is 9.38. The van der Waals surface area contributed by atoms with Crippen LogP contribution in [0.4, 0.5) is 10.5 Å². The summed E-state index contributed by atoms with van der Waals surface area (Å²) in [6.45, 7) is 0.305. The summed E-state index contributed by atoms with van der Waals surface area (Å²) in [7, 11) is -1.94. The minimum absolute atomic E-state index is 0.0954. The number of primary amides is 1. The number of carbonyl (C=O) groups excluding carboxylic acids is 2. The fraction of sp³-hybridized carbons (Fsp3) is 0.176. The van der Waals surface area contributed by atoms with Crippen molar-refractivity contribution in [2.75, 3.05) is 12.4 Å². The van der Waals surface area contributed by atoms with Crippen molar-refractivity contribution in [1.82, 2.24) is 10.0 Å². The van der Waals surface area contributed by atoms with Gasteiger partial charge >= 0.3 is 6.03 Å². The second kappa shape index (κ2) is 8.45. The van der Waals surface area contributed by atoms with Crippen LogP contribution in [0.1, 0.15) is 21.5 Å². The van der Waals surface area contributed by atoms with E-state index in [0.29, 0.717) is 23.4 Å². The third-order valence-electron chi connectivity index (χ3n) is 3.56. The topological polar surface area (TPSA) is 130 Å². The summed E-state index contributed by atoms with van der Waals surface area (Å²) in [4.78, 5) is 22.9. The van der Waals surface area contributed by atoms with Crippen LogP contribution < -0.4 is 21.1 Å². The van der Waals surface area contributed by atoms with Gasteiger partial charge in [-0.25, -0.2) is 17.9 Å². The van der Waals surface area contributed by atoms with Crippen LogP contribution in [-0.4, -0.2) is 27.4 Å². The number of carbonyl (C=O) groups is 2. The lowest BCUT2D eigenvalue weighted by molar-refractivity contribution is 0.0951. The average molecular weight is 376 g/mol. The number of amides is 3. The molecule has 2 aromatic carbocycles. The molecule has 0 aliphatic heterocycles. The molecule has 0 aliphatic carbocycles. The fourth-order valence-electron chi connectivity index (χ4n) is 2.18. The predicted molar refractivity (Wildman–Crippen MR) is 98.9 cm³/mol. The van der Waals surface area contributed by atoms with Gasteiger partial charge in [0.25, 0.3) is 5.91 Å². The first kappa shape index (κ1) is 19.4. The van der Waals surface area contributed by atoms with Gasteiger partial charge < -0.3 is 16.4 Å². The Hall–Kier alpha value is -2.91. The Morgan fingerprint density at radius 3 is 2.08 bits per heavy atom. The van der Waals surface area contributed by atoms with Crippen LogP contribution >= 0.6 is 0 Å². The monoisotopic (exact) mass is 376 g/mol. The summed E-state index contributed by atoms with van der Waals surface area (Å²) < 4.78 is 25.3. The molecule has 0 aliphatic rings. The molecule has 9 heteroatoms. The molecule has 138 valence electrons. The first-order chi connectivity index (χ1) is 12.3. The van der Waals surface area contributed by atoms with Crippen molar-refractivity contribution < 1.29 is 18.0 Å². The van der Waals surface area contributed by atoms with Gasteiger partial charge in [-0.05, 0) is 42.4 Å². The summed E-state index contributed by atoms with van der Waals surface area (Å²) in [5.41, 5.74) is 7.47. The van der Waals surface area contributed by atoms with Crippen LogP contribution in [-0.2, 0) is 22.3 Å². The van der Waals surface area contributed by atoms with Gasteiger partial charge in [0.05, 0.1) is 5.75 Å². The number of rotatable bonds is 7. The van der Waals surface area contributed by atoms with E-state index in [-0.39, 0.29) is 11.7 Å². The van der Waals surface area contributed by atoms with E-state index in [0.717, 1.165) is 5.56 Å². The number of benzene rings is 2. The summed E-state index contributed by atoms with van der Waals surface area (Å²) in [6, 6.07) is 12.6. The molecule has 0 fully saturated rings. The molecule has 0 unspecified atom stereocenters. The highest BCUT2D eigenvalue weighted by molar-refractivity contribution is 7.88. The van der Waals surface area contributed by atoms with Crippen molar-refractivity contribution in [2.45, 2.75) is 12.3 Å². The molecule has 5 N–H and O–H groups in total. The summed E-state index contributed by atoms with van der Waals surface area (Å²) >= 11 is 0. The van der Waals surface area contributed by atoms with Crippen LogP contribution in [0.5, 0.6) is 0 Å². The molecule has 0 spiro atoms. The van der Waals surface area contributed by atoms with Gasteiger partial charge in [-0.15, -0.1) is 0 Å². The smallest absolute Gasteiger partial charge is 0.316 e. The maximum Gasteiger partial charge on any atom is 0.316 e. The molecule has 0 radical (unpaired) electrons. The van der Waals surface area contributed by atoms with Gasteiger partial charge in [-0.2, -0.15) is 0 Å². The molecule has 0 bridgehead atoms. The quantitative estimate of drug-likeness (QED) is 0.577. The molecule has 0 aromatic heterocycles. The van der Waals surface area contributed by atoms with Gasteiger partial charge in [0, 0.05) is 17.8 Å². The van der Waals surface area contributed by atoms with Crippen LogP contribution in [0.3, 0.4) is 0 Å². The molecule has 26 heavy (non-hydrogen) atoms. The summed E-state index contributed by atoms with van der Waals surface area (Å²) in [6.07, 6.45) is 0. The van der Waals surface area contributed by atoms with Crippen molar-refractivity contribution in [2.24, 2.45) is 5.73 Å². The van der Waals surface area contributed by atoms with Crippen LogP contribution in [0.15, 0.2) is 48.5 Å². The second-order valence-electron chi connectivity index (χ2n) is 5.53. The standard InChI is InChI=1S/C17H20N4O4S/c1-19-26(24,25)11-13-4-2-12(3-5-13)10-20-16(22)14-6-8-15(9-7-14)21-17(18)23/h2-9,19H,10-11H2,1H3,(H,20,22)(H3,18,21,23). The average Bonchev–Trinajstić information content (AvgIpc) is 2.61. The third kappa shape index (κ3) is 5.87. The minimum Gasteiger partial charge on any atom is -0.351 e. The molecule has 3 amide bonds. The minimum atomic E-state index is -3.31. The lowest BCUT2D eigenvalue weighted by Crippen LogP contribution is -2.23. The van der Waals surface area contributed by atoms with E-state index in [1.54, 1.807) is 48.5 Å². The summed E-state index contributed by atoms with van der Waals surface area (Å²) in [5, 5.41) is 5.19. The van der Waals surface area contributed by atoms with Crippen LogP contribution in [0, 0.1) is 0 Å².